The summed E-state index contributed by atoms with van der Waals surface area (Å²) in [4.78, 5) is 56.8. The van der Waals surface area contributed by atoms with Gasteiger partial charge < -0.3 is 38.3 Å². The molecule has 0 saturated carbocycles. The number of carbonyl (C=O) groups is 5. The fourth-order valence-electron chi connectivity index (χ4n) is 2.15. The highest BCUT2D eigenvalue weighted by Crippen LogP contribution is 2.01. The van der Waals surface area contributed by atoms with Crippen LogP contribution in [0.25, 0.3) is 0 Å². The summed E-state index contributed by atoms with van der Waals surface area (Å²) in [7, 11) is 0. The molecule has 0 aromatic heterocycles. The van der Waals surface area contributed by atoms with Crippen molar-refractivity contribution < 1.29 is 29.1 Å². The van der Waals surface area contributed by atoms with Crippen LogP contribution in [0.15, 0.2) is 0 Å². The lowest BCUT2D eigenvalue weighted by Crippen LogP contribution is -2.49. The van der Waals surface area contributed by atoms with Crippen molar-refractivity contribution in [3.05, 3.63) is 0 Å². The van der Waals surface area contributed by atoms with E-state index in [0.29, 0.717) is 19.3 Å². The van der Waals surface area contributed by atoms with Gasteiger partial charge >= 0.3 is 5.97 Å². The molecule has 0 saturated heterocycles. The van der Waals surface area contributed by atoms with E-state index in [1.807, 2.05) is 0 Å². The van der Waals surface area contributed by atoms with Gasteiger partial charge in [-0.15, -0.1) is 0 Å². The van der Waals surface area contributed by atoms with Crippen LogP contribution in [0.5, 0.6) is 0 Å². The second-order valence-corrected chi connectivity index (χ2v) is 6.29. The molecule has 0 heterocycles. The van der Waals surface area contributed by atoms with Gasteiger partial charge in [-0.1, -0.05) is 0 Å². The quantitative estimate of drug-likeness (QED) is 0.147. The number of rotatable bonds is 14. The first-order valence-electron chi connectivity index (χ1n) is 8.92. The minimum Gasteiger partial charge on any atom is -0.480 e. The Morgan fingerprint density at radius 3 is 2.18 bits per heavy atom. The molecule has 0 aromatic rings. The number of carboxylic acid groups (broad SMARTS) is 1. The zero-order valence-corrected chi connectivity index (χ0v) is 15.9. The van der Waals surface area contributed by atoms with Gasteiger partial charge in [0, 0.05) is 13.0 Å². The molecular weight excluding hydrogens is 372 g/mol. The molecule has 0 fully saturated rings. The van der Waals surface area contributed by atoms with E-state index in [0.717, 1.165) is 0 Å². The smallest absolute Gasteiger partial charge is 0.325 e. The van der Waals surface area contributed by atoms with Crippen molar-refractivity contribution in [3.8, 4) is 0 Å². The SMILES string of the molecule is CC(NC(=O)C(N)CCCCNC(=O)C(CCC(N)=O)NC(=O)CN)C(=O)O. The molecule has 0 spiro atoms. The van der Waals surface area contributed by atoms with E-state index < -0.39 is 47.7 Å². The van der Waals surface area contributed by atoms with Crippen molar-refractivity contribution in [2.75, 3.05) is 13.1 Å². The Balaban J connectivity index is 4.24. The summed E-state index contributed by atoms with van der Waals surface area (Å²) in [6, 6.07) is -2.81. The van der Waals surface area contributed by atoms with E-state index in [-0.39, 0.29) is 25.9 Å². The lowest BCUT2D eigenvalue weighted by molar-refractivity contribution is -0.141. The van der Waals surface area contributed by atoms with Gasteiger partial charge in [-0.3, -0.25) is 24.0 Å². The molecule has 0 rings (SSSR count). The van der Waals surface area contributed by atoms with Crippen LogP contribution in [-0.4, -0.2) is 65.9 Å². The molecule has 12 heteroatoms. The Morgan fingerprint density at radius 2 is 1.64 bits per heavy atom. The van der Waals surface area contributed by atoms with E-state index in [1.165, 1.54) is 6.92 Å². The number of aliphatic carboxylic acids is 1. The highest BCUT2D eigenvalue weighted by Gasteiger charge is 2.21. The fraction of sp³-hybridized carbons (Fsp3) is 0.688. The Morgan fingerprint density at radius 1 is 1.00 bits per heavy atom. The van der Waals surface area contributed by atoms with E-state index >= 15 is 0 Å². The van der Waals surface area contributed by atoms with Crippen molar-refractivity contribution in [2.45, 2.75) is 57.2 Å². The first kappa shape index (κ1) is 25.3. The third-order valence-corrected chi connectivity index (χ3v) is 3.82. The summed E-state index contributed by atoms with van der Waals surface area (Å²) >= 11 is 0. The third-order valence-electron chi connectivity index (χ3n) is 3.82. The highest BCUT2D eigenvalue weighted by molar-refractivity contribution is 5.89. The first-order valence-corrected chi connectivity index (χ1v) is 8.92. The maximum Gasteiger partial charge on any atom is 0.325 e. The molecule has 3 atom stereocenters. The fourth-order valence-corrected chi connectivity index (χ4v) is 2.15. The lowest BCUT2D eigenvalue weighted by atomic mass is 10.1. The minimum atomic E-state index is -1.16. The maximum absolute atomic E-state index is 12.1. The van der Waals surface area contributed by atoms with Crippen molar-refractivity contribution >= 4 is 29.6 Å². The summed E-state index contributed by atoms with van der Waals surface area (Å²) < 4.78 is 0. The summed E-state index contributed by atoms with van der Waals surface area (Å²) in [6.45, 7) is 1.31. The van der Waals surface area contributed by atoms with Crippen LogP contribution in [0.2, 0.25) is 0 Å². The second kappa shape index (κ2) is 13.4. The second-order valence-electron chi connectivity index (χ2n) is 6.29. The van der Waals surface area contributed by atoms with Crippen molar-refractivity contribution in [1.29, 1.82) is 0 Å². The van der Waals surface area contributed by atoms with Crippen LogP contribution in [0, 0.1) is 0 Å². The zero-order valence-electron chi connectivity index (χ0n) is 15.9. The summed E-state index contributed by atoms with van der Waals surface area (Å²) in [5.41, 5.74) is 16.0. The normalized spacial score (nSPS) is 13.7. The number of primary amides is 1. The number of amides is 4. The summed E-state index contributed by atoms with van der Waals surface area (Å²) in [5.74, 6) is -3.31. The van der Waals surface area contributed by atoms with Crippen LogP contribution in [-0.2, 0) is 24.0 Å². The molecule has 12 nitrogen and oxygen atoms in total. The highest BCUT2D eigenvalue weighted by atomic mass is 16.4. The predicted octanol–water partition coefficient (Wildman–Crippen LogP) is -3.10. The molecule has 0 aliphatic carbocycles. The van der Waals surface area contributed by atoms with Gasteiger partial charge in [0.05, 0.1) is 12.6 Å². The van der Waals surface area contributed by atoms with Crippen LogP contribution >= 0.6 is 0 Å². The third kappa shape index (κ3) is 11.1. The Kier molecular flexibility index (Phi) is 12.1. The van der Waals surface area contributed by atoms with Crippen molar-refractivity contribution in [1.82, 2.24) is 16.0 Å². The van der Waals surface area contributed by atoms with E-state index in [9.17, 15) is 24.0 Å². The molecule has 10 N–H and O–H groups in total. The lowest BCUT2D eigenvalue weighted by Gasteiger charge is -2.18. The maximum atomic E-state index is 12.1. The molecule has 0 aliphatic rings. The number of carbonyl (C=O) groups excluding carboxylic acids is 4. The van der Waals surface area contributed by atoms with Crippen LogP contribution in [0.3, 0.4) is 0 Å². The van der Waals surface area contributed by atoms with E-state index in [2.05, 4.69) is 16.0 Å². The standard InChI is InChI=1S/C16H30N6O6/c1-9(16(27)28)21-14(25)10(18)4-2-3-7-20-15(26)11(5-6-12(19)23)22-13(24)8-17/h9-11H,2-8,17-18H2,1H3,(H2,19,23)(H,20,26)(H,21,25)(H,22,24)(H,27,28). The average Bonchev–Trinajstić information content (AvgIpc) is 2.63. The number of hydrogen-bond acceptors (Lipinski definition) is 7. The Labute approximate surface area is 162 Å². The largest absolute Gasteiger partial charge is 0.480 e. The molecular formula is C16H30N6O6. The van der Waals surface area contributed by atoms with E-state index in [1.54, 1.807) is 0 Å². The summed E-state index contributed by atoms with van der Waals surface area (Å²) in [6.07, 6.45) is 1.32. The average molecular weight is 402 g/mol. The monoisotopic (exact) mass is 402 g/mol. The Hall–Kier alpha value is -2.73. The van der Waals surface area contributed by atoms with Gasteiger partial charge in [0.1, 0.15) is 12.1 Å². The molecule has 0 radical (unpaired) electrons. The first-order chi connectivity index (χ1) is 13.1. The number of unbranched alkanes of at least 4 members (excludes halogenated alkanes) is 1. The molecule has 160 valence electrons. The van der Waals surface area contributed by atoms with Crippen molar-refractivity contribution in [2.24, 2.45) is 17.2 Å². The summed E-state index contributed by atoms with van der Waals surface area (Å²) in [5, 5.41) is 16.1. The van der Waals surface area contributed by atoms with Crippen LogP contribution in [0.1, 0.15) is 39.0 Å². The number of hydrogen-bond donors (Lipinski definition) is 7. The van der Waals surface area contributed by atoms with Crippen molar-refractivity contribution in [3.63, 3.8) is 0 Å². The van der Waals surface area contributed by atoms with Gasteiger partial charge in [-0.05, 0) is 32.6 Å². The number of nitrogens with two attached hydrogens (primary N) is 3. The number of nitrogens with one attached hydrogen (secondary N) is 3. The van der Waals surface area contributed by atoms with E-state index in [4.69, 9.17) is 22.3 Å². The molecule has 0 aliphatic heterocycles. The molecule has 0 bridgehead atoms. The van der Waals surface area contributed by atoms with Gasteiger partial charge in [-0.25, -0.2) is 0 Å². The van der Waals surface area contributed by atoms with Crippen LogP contribution in [0.4, 0.5) is 0 Å². The molecule has 4 amide bonds. The minimum absolute atomic E-state index is 0.0553. The topological polar surface area (TPSA) is 220 Å². The van der Waals surface area contributed by atoms with Gasteiger partial charge in [0.2, 0.25) is 23.6 Å². The van der Waals surface area contributed by atoms with Gasteiger partial charge in [-0.2, -0.15) is 0 Å². The van der Waals surface area contributed by atoms with Gasteiger partial charge in [0.15, 0.2) is 0 Å². The molecule has 3 unspecified atom stereocenters. The predicted molar refractivity (Wildman–Crippen MR) is 99.5 cm³/mol. The zero-order chi connectivity index (χ0) is 21.7. The molecule has 0 aromatic carbocycles. The van der Waals surface area contributed by atoms with Gasteiger partial charge in [0.25, 0.3) is 0 Å². The Bertz CT molecular complexity index is 570. The number of carboxylic acids is 1. The molecule has 28 heavy (non-hydrogen) atoms. The van der Waals surface area contributed by atoms with Crippen LogP contribution < -0.4 is 33.2 Å².